The van der Waals surface area contributed by atoms with Gasteiger partial charge in [-0.15, -0.1) is 6.58 Å². The van der Waals surface area contributed by atoms with Gasteiger partial charge in [0, 0.05) is 25.7 Å². The van der Waals surface area contributed by atoms with Crippen molar-refractivity contribution in [2.75, 3.05) is 33.2 Å². The van der Waals surface area contributed by atoms with Gasteiger partial charge in [0.25, 0.3) is 0 Å². The van der Waals surface area contributed by atoms with Crippen LogP contribution in [0.4, 0.5) is 4.79 Å². The first kappa shape index (κ1) is 17.4. The number of hydrogen-bond donors (Lipinski definition) is 2. The highest BCUT2D eigenvalue weighted by molar-refractivity contribution is 5.80. The predicted molar refractivity (Wildman–Crippen MR) is 75.2 cm³/mol. The number of rotatable bonds is 9. The van der Waals surface area contributed by atoms with Gasteiger partial charge in [-0.2, -0.15) is 0 Å². The summed E-state index contributed by atoms with van der Waals surface area (Å²) in [6, 6.07) is 0.0834. The SMILES string of the molecule is C=CCN(CC(=O)O)C(=O)NCCN(C)C(C)CC. The summed E-state index contributed by atoms with van der Waals surface area (Å²) in [7, 11) is 2.00. The Morgan fingerprint density at radius 3 is 2.58 bits per heavy atom. The average molecular weight is 271 g/mol. The minimum absolute atomic E-state index is 0.222. The molecule has 0 saturated carbocycles. The van der Waals surface area contributed by atoms with Gasteiger partial charge in [0.15, 0.2) is 0 Å². The van der Waals surface area contributed by atoms with Crippen LogP contribution in [0.15, 0.2) is 12.7 Å². The minimum atomic E-state index is -1.03. The Balaban J connectivity index is 4.12. The summed E-state index contributed by atoms with van der Waals surface area (Å²) >= 11 is 0. The number of carboxylic acid groups (broad SMARTS) is 1. The van der Waals surface area contributed by atoms with E-state index in [1.54, 1.807) is 0 Å². The number of carbonyl (C=O) groups excluding carboxylic acids is 1. The topological polar surface area (TPSA) is 72.9 Å². The molecule has 0 rings (SSSR count). The largest absolute Gasteiger partial charge is 0.480 e. The van der Waals surface area contributed by atoms with Crippen LogP contribution in [-0.4, -0.2) is 66.2 Å². The van der Waals surface area contributed by atoms with Gasteiger partial charge >= 0.3 is 12.0 Å². The molecule has 0 aromatic carbocycles. The molecule has 6 nitrogen and oxygen atoms in total. The van der Waals surface area contributed by atoms with Gasteiger partial charge < -0.3 is 20.2 Å². The van der Waals surface area contributed by atoms with Crippen LogP contribution in [-0.2, 0) is 4.79 Å². The van der Waals surface area contributed by atoms with E-state index >= 15 is 0 Å². The van der Waals surface area contributed by atoms with Gasteiger partial charge in [-0.25, -0.2) is 4.79 Å². The van der Waals surface area contributed by atoms with E-state index in [-0.39, 0.29) is 19.1 Å². The predicted octanol–water partition coefficient (Wildman–Crippen LogP) is 0.999. The molecule has 110 valence electrons. The third-order valence-corrected chi connectivity index (χ3v) is 3.05. The van der Waals surface area contributed by atoms with Crippen molar-refractivity contribution in [2.24, 2.45) is 0 Å². The zero-order valence-corrected chi connectivity index (χ0v) is 12.1. The lowest BCUT2D eigenvalue weighted by Crippen LogP contribution is -2.45. The molecule has 0 heterocycles. The number of nitrogens with one attached hydrogen (secondary N) is 1. The smallest absolute Gasteiger partial charge is 0.323 e. The second kappa shape index (κ2) is 9.38. The molecule has 19 heavy (non-hydrogen) atoms. The van der Waals surface area contributed by atoms with E-state index in [0.29, 0.717) is 12.6 Å². The van der Waals surface area contributed by atoms with Crippen molar-refractivity contribution in [3.63, 3.8) is 0 Å². The molecule has 1 unspecified atom stereocenters. The molecule has 1 atom stereocenters. The summed E-state index contributed by atoms with van der Waals surface area (Å²) in [6.07, 6.45) is 2.56. The van der Waals surface area contributed by atoms with Crippen molar-refractivity contribution in [3.05, 3.63) is 12.7 Å². The summed E-state index contributed by atoms with van der Waals surface area (Å²) in [5, 5.41) is 11.4. The Kier molecular flexibility index (Phi) is 8.61. The Hall–Kier alpha value is -1.56. The summed E-state index contributed by atoms with van der Waals surface area (Å²) < 4.78 is 0. The number of carbonyl (C=O) groups is 2. The van der Waals surface area contributed by atoms with E-state index < -0.39 is 5.97 Å². The molecule has 0 radical (unpaired) electrons. The third kappa shape index (κ3) is 7.46. The first-order chi connectivity index (χ1) is 8.92. The Bertz CT molecular complexity index is 308. The first-order valence-corrected chi connectivity index (χ1v) is 6.48. The zero-order valence-electron chi connectivity index (χ0n) is 12.1. The molecule has 0 aliphatic rings. The highest BCUT2D eigenvalue weighted by atomic mass is 16.4. The maximum Gasteiger partial charge on any atom is 0.323 e. The lowest BCUT2D eigenvalue weighted by molar-refractivity contribution is -0.137. The summed E-state index contributed by atoms with van der Waals surface area (Å²) in [6.45, 7) is 8.87. The van der Waals surface area contributed by atoms with Crippen molar-refractivity contribution in [2.45, 2.75) is 26.3 Å². The maximum atomic E-state index is 11.8. The highest BCUT2D eigenvalue weighted by Gasteiger charge is 2.15. The van der Waals surface area contributed by atoms with Gasteiger partial charge in [0.05, 0.1) is 0 Å². The van der Waals surface area contributed by atoms with Gasteiger partial charge in [0.2, 0.25) is 0 Å². The summed E-state index contributed by atoms with van der Waals surface area (Å²) in [4.78, 5) is 25.8. The number of hydrogen-bond acceptors (Lipinski definition) is 3. The fraction of sp³-hybridized carbons (Fsp3) is 0.692. The molecule has 0 aliphatic heterocycles. The number of aliphatic carboxylic acids is 1. The van der Waals surface area contributed by atoms with Crippen molar-refractivity contribution in [1.82, 2.24) is 15.1 Å². The molecule has 0 aromatic rings. The van der Waals surface area contributed by atoms with Crippen LogP contribution in [0.2, 0.25) is 0 Å². The molecule has 0 bridgehead atoms. The van der Waals surface area contributed by atoms with Crippen LogP contribution in [0.5, 0.6) is 0 Å². The fourth-order valence-electron chi connectivity index (χ4n) is 1.52. The van der Waals surface area contributed by atoms with E-state index in [4.69, 9.17) is 5.11 Å². The molecule has 0 aromatic heterocycles. The Morgan fingerprint density at radius 2 is 2.11 bits per heavy atom. The number of carboxylic acids is 1. The van der Waals surface area contributed by atoms with Gasteiger partial charge in [-0.3, -0.25) is 4.79 Å². The van der Waals surface area contributed by atoms with Crippen molar-refractivity contribution in [1.29, 1.82) is 0 Å². The van der Waals surface area contributed by atoms with Gasteiger partial charge in [-0.05, 0) is 20.4 Å². The van der Waals surface area contributed by atoms with E-state index in [1.165, 1.54) is 11.0 Å². The van der Waals surface area contributed by atoms with Crippen LogP contribution >= 0.6 is 0 Å². The number of likely N-dealkylation sites (N-methyl/N-ethyl adjacent to an activating group) is 1. The molecule has 0 fully saturated rings. The number of nitrogens with zero attached hydrogens (tertiary/aromatic N) is 2. The molecular weight excluding hydrogens is 246 g/mol. The van der Waals surface area contributed by atoms with Gasteiger partial charge in [-0.1, -0.05) is 13.0 Å². The molecule has 6 heteroatoms. The van der Waals surface area contributed by atoms with Crippen LogP contribution < -0.4 is 5.32 Å². The second-order valence-electron chi connectivity index (χ2n) is 4.53. The van der Waals surface area contributed by atoms with E-state index in [9.17, 15) is 9.59 Å². The van der Waals surface area contributed by atoms with E-state index in [0.717, 1.165) is 13.0 Å². The molecule has 0 aliphatic carbocycles. The molecule has 0 saturated heterocycles. The quantitative estimate of drug-likeness (QED) is 0.614. The van der Waals surface area contributed by atoms with E-state index in [1.807, 2.05) is 7.05 Å². The van der Waals surface area contributed by atoms with Crippen molar-refractivity contribution >= 4 is 12.0 Å². The van der Waals surface area contributed by atoms with Crippen LogP contribution in [0, 0.1) is 0 Å². The lowest BCUT2D eigenvalue weighted by Gasteiger charge is -2.24. The standard InChI is InChI=1S/C13H25N3O3/c1-5-8-16(10-12(17)18)13(19)14-7-9-15(4)11(3)6-2/h5,11H,1,6-10H2,2-4H3,(H,14,19)(H,17,18). The number of amides is 2. The third-order valence-electron chi connectivity index (χ3n) is 3.05. The zero-order chi connectivity index (χ0) is 14.8. The normalized spacial score (nSPS) is 12.0. The average Bonchev–Trinajstić information content (AvgIpc) is 2.36. The maximum absolute atomic E-state index is 11.8. The lowest BCUT2D eigenvalue weighted by atomic mass is 10.2. The summed E-state index contributed by atoms with van der Waals surface area (Å²) in [5.74, 6) is -1.03. The first-order valence-electron chi connectivity index (χ1n) is 6.48. The van der Waals surface area contributed by atoms with Crippen LogP contribution in [0.3, 0.4) is 0 Å². The van der Waals surface area contributed by atoms with Crippen molar-refractivity contribution in [3.8, 4) is 0 Å². The highest BCUT2D eigenvalue weighted by Crippen LogP contribution is 1.98. The monoisotopic (exact) mass is 271 g/mol. The Labute approximate surface area is 115 Å². The molecule has 2 N–H and O–H groups in total. The molecular formula is C13H25N3O3. The minimum Gasteiger partial charge on any atom is -0.480 e. The van der Waals surface area contributed by atoms with Crippen LogP contribution in [0.1, 0.15) is 20.3 Å². The molecule has 2 amide bonds. The van der Waals surface area contributed by atoms with Crippen LogP contribution in [0.25, 0.3) is 0 Å². The van der Waals surface area contributed by atoms with Crippen molar-refractivity contribution < 1.29 is 14.7 Å². The fourth-order valence-corrected chi connectivity index (χ4v) is 1.52. The number of urea groups is 1. The van der Waals surface area contributed by atoms with E-state index in [2.05, 4.69) is 30.6 Å². The second-order valence-corrected chi connectivity index (χ2v) is 4.53. The van der Waals surface area contributed by atoms with Gasteiger partial charge in [0.1, 0.15) is 6.54 Å². The Morgan fingerprint density at radius 1 is 1.47 bits per heavy atom. The molecule has 0 spiro atoms. The summed E-state index contributed by atoms with van der Waals surface area (Å²) in [5.41, 5.74) is 0.